The number of nitrogens with two attached hydrogens (primary N) is 1. The van der Waals surface area contributed by atoms with Gasteiger partial charge in [-0.15, -0.1) is 0 Å². The van der Waals surface area contributed by atoms with Gasteiger partial charge in [0.2, 0.25) is 0 Å². The average Bonchev–Trinajstić information content (AvgIpc) is 2.53. The lowest BCUT2D eigenvalue weighted by molar-refractivity contribution is -0.119. The van der Waals surface area contributed by atoms with E-state index in [0.717, 1.165) is 11.1 Å². The zero-order valence-corrected chi connectivity index (χ0v) is 13.0. The number of benzene rings is 2. The van der Waals surface area contributed by atoms with Crippen LogP contribution in [0.3, 0.4) is 0 Å². The molecule has 2 aromatic carbocycles. The van der Waals surface area contributed by atoms with Gasteiger partial charge in [-0.1, -0.05) is 60.7 Å². The molecular weight excluding hydrogens is 274 g/mol. The van der Waals surface area contributed by atoms with Gasteiger partial charge in [-0.3, -0.25) is 4.79 Å². The molecule has 0 heterocycles. The smallest absolute Gasteiger partial charge is 0.160 e. The van der Waals surface area contributed by atoms with E-state index >= 15 is 0 Å². The standard InChI is InChI=1S/C19H21NO2/c1-15(20)13-18(21)14-19(22-2,16-9-5-3-6-10-16)17-11-7-4-8-12-17/h3-13H,14,20H2,1-2H3. The minimum atomic E-state index is -0.814. The first-order valence-corrected chi connectivity index (χ1v) is 7.21. The van der Waals surface area contributed by atoms with Gasteiger partial charge in [0.15, 0.2) is 5.78 Å². The maximum absolute atomic E-state index is 12.3. The fourth-order valence-corrected chi connectivity index (χ4v) is 2.64. The highest BCUT2D eigenvalue weighted by Gasteiger charge is 2.36. The predicted octanol–water partition coefficient (Wildman–Crippen LogP) is 3.40. The Morgan fingerprint density at radius 3 is 1.86 bits per heavy atom. The number of ketones is 1. The number of rotatable bonds is 6. The molecule has 0 aliphatic carbocycles. The molecule has 3 nitrogen and oxygen atoms in total. The van der Waals surface area contributed by atoms with Crippen LogP contribution in [0, 0.1) is 0 Å². The summed E-state index contributed by atoms with van der Waals surface area (Å²) >= 11 is 0. The summed E-state index contributed by atoms with van der Waals surface area (Å²) in [7, 11) is 1.63. The fourth-order valence-electron chi connectivity index (χ4n) is 2.64. The number of carbonyl (C=O) groups excluding carboxylic acids is 1. The summed E-state index contributed by atoms with van der Waals surface area (Å²) in [5.74, 6) is -0.0606. The van der Waals surface area contributed by atoms with Gasteiger partial charge in [-0.25, -0.2) is 0 Å². The number of hydrogen-bond donors (Lipinski definition) is 1. The van der Waals surface area contributed by atoms with Crippen LogP contribution in [-0.4, -0.2) is 12.9 Å². The molecule has 0 amide bonds. The first kappa shape index (κ1) is 16.0. The Bertz CT molecular complexity index is 604. The van der Waals surface area contributed by atoms with Crippen LogP contribution in [-0.2, 0) is 15.1 Å². The second-order valence-electron chi connectivity index (χ2n) is 5.29. The summed E-state index contributed by atoms with van der Waals surface area (Å²) in [6.07, 6.45) is 1.66. The van der Waals surface area contributed by atoms with E-state index in [1.54, 1.807) is 14.0 Å². The molecule has 0 radical (unpaired) electrons. The zero-order chi connectivity index (χ0) is 16.0. The van der Waals surface area contributed by atoms with Crippen LogP contribution in [0.1, 0.15) is 24.5 Å². The van der Waals surface area contributed by atoms with Crippen LogP contribution >= 0.6 is 0 Å². The first-order chi connectivity index (χ1) is 10.6. The van der Waals surface area contributed by atoms with Crippen LogP contribution in [0.25, 0.3) is 0 Å². The molecule has 2 N–H and O–H groups in total. The molecule has 0 bridgehead atoms. The van der Waals surface area contributed by atoms with Gasteiger partial charge >= 0.3 is 0 Å². The van der Waals surface area contributed by atoms with E-state index in [1.807, 2.05) is 60.7 Å². The normalized spacial score (nSPS) is 12.2. The van der Waals surface area contributed by atoms with Crippen molar-refractivity contribution in [1.82, 2.24) is 0 Å². The summed E-state index contributed by atoms with van der Waals surface area (Å²) < 4.78 is 5.87. The molecule has 0 saturated carbocycles. The molecule has 114 valence electrons. The van der Waals surface area contributed by atoms with Gasteiger partial charge in [0.25, 0.3) is 0 Å². The Kier molecular flexibility index (Phi) is 5.12. The minimum Gasteiger partial charge on any atom is -0.402 e. The number of methoxy groups -OCH3 is 1. The highest BCUT2D eigenvalue weighted by Crippen LogP contribution is 2.36. The molecule has 0 unspecified atom stereocenters. The van der Waals surface area contributed by atoms with Crippen LogP contribution in [0.2, 0.25) is 0 Å². The second-order valence-corrected chi connectivity index (χ2v) is 5.29. The molecule has 3 heteroatoms. The molecule has 0 aromatic heterocycles. The Labute approximate surface area is 131 Å². The van der Waals surface area contributed by atoms with Crippen molar-refractivity contribution in [1.29, 1.82) is 0 Å². The van der Waals surface area contributed by atoms with Crippen molar-refractivity contribution in [3.63, 3.8) is 0 Å². The molecule has 0 atom stereocenters. The van der Waals surface area contributed by atoms with Gasteiger partial charge in [0.1, 0.15) is 5.60 Å². The summed E-state index contributed by atoms with van der Waals surface area (Å²) in [4.78, 5) is 12.3. The van der Waals surface area contributed by atoms with E-state index in [-0.39, 0.29) is 12.2 Å². The summed E-state index contributed by atoms with van der Waals surface area (Å²) in [5.41, 5.74) is 7.20. The van der Waals surface area contributed by atoms with Crippen LogP contribution in [0.4, 0.5) is 0 Å². The fraction of sp³-hybridized carbons (Fsp3) is 0.211. The van der Waals surface area contributed by atoms with Crippen molar-refractivity contribution in [2.24, 2.45) is 5.73 Å². The van der Waals surface area contributed by atoms with E-state index in [9.17, 15) is 4.79 Å². The molecule has 2 rings (SSSR count). The lowest BCUT2D eigenvalue weighted by Gasteiger charge is -2.33. The van der Waals surface area contributed by atoms with Crippen molar-refractivity contribution in [3.05, 3.63) is 83.6 Å². The lowest BCUT2D eigenvalue weighted by Crippen LogP contribution is -2.32. The number of ether oxygens (including phenoxy) is 1. The van der Waals surface area contributed by atoms with E-state index in [1.165, 1.54) is 6.08 Å². The third-order valence-corrected chi connectivity index (χ3v) is 3.64. The quantitative estimate of drug-likeness (QED) is 0.831. The second kappa shape index (κ2) is 7.05. The maximum Gasteiger partial charge on any atom is 0.160 e. The van der Waals surface area contributed by atoms with Crippen molar-refractivity contribution >= 4 is 5.78 Å². The zero-order valence-electron chi connectivity index (χ0n) is 13.0. The minimum absolute atomic E-state index is 0.0606. The van der Waals surface area contributed by atoms with Crippen LogP contribution in [0.15, 0.2) is 72.4 Å². The van der Waals surface area contributed by atoms with Crippen molar-refractivity contribution in [2.75, 3.05) is 7.11 Å². The Morgan fingerprint density at radius 1 is 1.05 bits per heavy atom. The summed E-state index contributed by atoms with van der Waals surface area (Å²) in [6.45, 7) is 1.71. The van der Waals surface area contributed by atoms with Crippen molar-refractivity contribution in [3.8, 4) is 0 Å². The van der Waals surface area contributed by atoms with E-state index in [2.05, 4.69) is 0 Å². The number of hydrogen-bond acceptors (Lipinski definition) is 3. The first-order valence-electron chi connectivity index (χ1n) is 7.21. The highest BCUT2D eigenvalue weighted by atomic mass is 16.5. The Morgan fingerprint density at radius 2 is 1.50 bits per heavy atom. The molecule has 0 aliphatic rings. The third kappa shape index (κ3) is 3.43. The van der Waals surface area contributed by atoms with E-state index in [4.69, 9.17) is 10.5 Å². The van der Waals surface area contributed by atoms with Crippen molar-refractivity contribution < 1.29 is 9.53 Å². The third-order valence-electron chi connectivity index (χ3n) is 3.64. The van der Waals surface area contributed by atoms with Gasteiger partial charge in [0.05, 0.1) is 0 Å². The van der Waals surface area contributed by atoms with Gasteiger partial charge in [-0.2, -0.15) is 0 Å². The summed E-state index contributed by atoms with van der Waals surface area (Å²) in [5, 5.41) is 0. The van der Waals surface area contributed by atoms with Gasteiger partial charge in [-0.05, 0) is 24.1 Å². The van der Waals surface area contributed by atoms with E-state index in [0.29, 0.717) is 5.70 Å². The van der Waals surface area contributed by atoms with Crippen LogP contribution < -0.4 is 5.73 Å². The van der Waals surface area contributed by atoms with Gasteiger partial charge in [0, 0.05) is 19.2 Å². The predicted molar refractivity (Wildman–Crippen MR) is 88.2 cm³/mol. The molecule has 2 aromatic rings. The molecule has 0 fully saturated rings. The topological polar surface area (TPSA) is 52.3 Å². The Balaban J connectivity index is 2.53. The van der Waals surface area contributed by atoms with Crippen molar-refractivity contribution in [2.45, 2.75) is 18.9 Å². The van der Waals surface area contributed by atoms with E-state index < -0.39 is 5.60 Å². The molecule has 0 aliphatic heterocycles. The monoisotopic (exact) mass is 295 g/mol. The average molecular weight is 295 g/mol. The molecule has 0 spiro atoms. The SMILES string of the molecule is COC(CC(=O)C=C(C)N)(c1ccccc1)c1ccccc1. The van der Waals surface area contributed by atoms with Crippen LogP contribution in [0.5, 0.6) is 0 Å². The number of carbonyl (C=O) groups is 1. The number of allylic oxidation sites excluding steroid dienone is 2. The lowest BCUT2D eigenvalue weighted by atomic mass is 9.82. The van der Waals surface area contributed by atoms with Gasteiger partial charge < -0.3 is 10.5 Å². The maximum atomic E-state index is 12.3. The highest BCUT2D eigenvalue weighted by molar-refractivity contribution is 5.91. The largest absolute Gasteiger partial charge is 0.402 e. The summed E-state index contributed by atoms with van der Waals surface area (Å²) in [6, 6.07) is 19.6. The molecular formula is C19H21NO2. The molecule has 0 saturated heterocycles. The molecule has 22 heavy (non-hydrogen) atoms. The Hall–Kier alpha value is -2.39.